The second-order valence-electron chi connectivity index (χ2n) is 4.84. The number of hydrogen-bond acceptors (Lipinski definition) is 2. The van der Waals surface area contributed by atoms with Crippen molar-refractivity contribution in [2.75, 3.05) is 0 Å². The Balaban J connectivity index is 2.14. The van der Waals surface area contributed by atoms with E-state index >= 15 is 0 Å². The third kappa shape index (κ3) is 2.26. The molecule has 0 saturated carbocycles. The van der Waals surface area contributed by atoms with Crippen molar-refractivity contribution in [2.24, 2.45) is 0 Å². The molecule has 2 nitrogen and oxygen atoms in total. The zero-order valence-electron chi connectivity index (χ0n) is 10.7. The van der Waals surface area contributed by atoms with Gasteiger partial charge in [0.1, 0.15) is 16.9 Å². The van der Waals surface area contributed by atoms with Crippen molar-refractivity contribution in [3.05, 3.63) is 69.3 Å². The van der Waals surface area contributed by atoms with E-state index in [0.717, 1.165) is 15.4 Å². The first-order valence-electron chi connectivity index (χ1n) is 6.15. The summed E-state index contributed by atoms with van der Waals surface area (Å²) in [5.74, 6) is 0.475. The average molecular weight is 352 g/mol. The molecule has 20 heavy (non-hydrogen) atoms. The summed E-state index contributed by atoms with van der Waals surface area (Å²) in [6, 6.07) is 14.9. The predicted molar refractivity (Wildman–Crippen MR) is 84.0 cm³/mol. The fourth-order valence-corrected chi connectivity index (χ4v) is 3.10. The quantitative estimate of drug-likeness (QED) is 0.696. The Bertz CT molecular complexity index is 744. The van der Waals surface area contributed by atoms with Crippen LogP contribution in [0.4, 0.5) is 0 Å². The standard InChI is InChI=1S/C16H12BrClO2/c1-16(19,12-7-6-11(17)9-13(12)18)15-8-10-4-2-3-5-14(10)20-15/h2-9,19H,1H3. The molecule has 1 atom stereocenters. The maximum Gasteiger partial charge on any atom is 0.146 e. The van der Waals surface area contributed by atoms with Gasteiger partial charge in [0.2, 0.25) is 0 Å². The van der Waals surface area contributed by atoms with E-state index in [1.54, 1.807) is 19.1 Å². The van der Waals surface area contributed by atoms with Gasteiger partial charge >= 0.3 is 0 Å². The van der Waals surface area contributed by atoms with Gasteiger partial charge in [-0.25, -0.2) is 0 Å². The van der Waals surface area contributed by atoms with E-state index in [9.17, 15) is 5.11 Å². The summed E-state index contributed by atoms with van der Waals surface area (Å²) in [7, 11) is 0. The minimum absolute atomic E-state index is 0.475. The van der Waals surface area contributed by atoms with Crippen LogP contribution in [0, 0.1) is 0 Å². The van der Waals surface area contributed by atoms with Gasteiger partial charge in [0, 0.05) is 20.4 Å². The molecule has 3 rings (SSSR count). The molecular weight excluding hydrogens is 340 g/mol. The SMILES string of the molecule is CC(O)(c1cc2ccccc2o1)c1ccc(Br)cc1Cl. The smallest absolute Gasteiger partial charge is 0.146 e. The minimum atomic E-state index is -1.28. The summed E-state index contributed by atoms with van der Waals surface area (Å²) in [5.41, 5.74) is 0.0778. The lowest BCUT2D eigenvalue weighted by Gasteiger charge is -2.22. The second-order valence-corrected chi connectivity index (χ2v) is 6.17. The zero-order chi connectivity index (χ0) is 14.3. The molecule has 1 aromatic heterocycles. The van der Waals surface area contributed by atoms with E-state index in [1.807, 2.05) is 36.4 Å². The fraction of sp³-hybridized carbons (Fsp3) is 0.125. The molecule has 0 bridgehead atoms. The van der Waals surface area contributed by atoms with E-state index in [4.69, 9.17) is 16.0 Å². The molecule has 1 unspecified atom stereocenters. The van der Waals surface area contributed by atoms with Gasteiger partial charge in [0.05, 0.1) is 0 Å². The first kappa shape index (κ1) is 13.7. The largest absolute Gasteiger partial charge is 0.458 e. The van der Waals surface area contributed by atoms with Crippen molar-refractivity contribution in [1.29, 1.82) is 0 Å². The third-order valence-corrected chi connectivity index (χ3v) is 4.17. The van der Waals surface area contributed by atoms with Crippen molar-refractivity contribution in [2.45, 2.75) is 12.5 Å². The van der Waals surface area contributed by atoms with Gasteiger partial charge in [-0.15, -0.1) is 0 Å². The fourth-order valence-electron chi connectivity index (χ4n) is 2.24. The van der Waals surface area contributed by atoms with Crippen molar-refractivity contribution in [3.8, 4) is 0 Å². The van der Waals surface area contributed by atoms with Gasteiger partial charge in [-0.2, -0.15) is 0 Å². The molecule has 102 valence electrons. The maximum atomic E-state index is 10.8. The maximum absolute atomic E-state index is 10.8. The van der Waals surface area contributed by atoms with Crippen molar-refractivity contribution < 1.29 is 9.52 Å². The minimum Gasteiger partial charge on any atom is -0.458 e. The molecule has 0 fully saturated rings. The summed E-state index contributed by atoms with van der Waals surface area (Å²) in [5, 5.41) is 12.3. The molecule has 1 N–H and O–H groups in total. The number of benzene rings is 2. The number of hydrogen-bond donors (Lipinski definition) is 1. The topological polar surface area (TPSA) is 33.4 Å². The lowest BCUT2D eigenvalue weighted by molar-refractivity contribution is 0.0787. The Kier molecular flexibility index (Phi) is 3.36. The Morgan fingerprint density at radius 2 is 1.90 bits per heavy atom. The van der Waals surface area contributed by atoms with Gasteiger partial charge in [0.25, 0.3) is 0 Å². The van der Waals surface area contributed by atoms with Crippen LogP contribution >= 0.6 is 27.5 Å². The van der Waals surface area contributed by atoms with Gasteiger partial charge in [-0.3, -0.25) is 0 Å². The Morgan fingerprint density at radius 1 is 1.15 bits per heavy atom. The molecule has 0 aliphatic rings. The highest BCUT2D eigenvalue weighted by molar-refractivity contribution is 9.10. The first-order chi connectivity index (χ1) is 9.48. The van der Waals surface area contributed by atoms with Crippen LogP contribution in [0.3, 0.4) is 0 Å². The molecule has 0 aliphatic heterocycles. The van der Waals surface area contributed by atoms with E-state index < -0.39 is 5.60 Å². The normalized spacial score (nSPS) is 14.4. The van der Waals surface area contributed by atoms with Crippen molar-refractivity contribution in [3.63, 3.8) is 0 Å². The molecule has 0 aliphatic carbocycles. The van der Waals surface area contributed by atoms with Gasteiger partial charge < -0.3 is 9.52 Å². The van der Waals surface area contributed by atoms with Gasteiger partial charge in [-0.1, -0.05) is 51.8 Å². The number of furan rings is 1. The summed E-state index contributed by atoms with van der Waals surface area (Å²) in [4.78, 5) is 0. The van der Waals surface area contributed by atoms with Crippen LogP contribution in [-0.4, -0.2) is 5.11 Å². The molecule has 0 amide bonds. The molecule has 3 aromatic rings. The lowest BCUT2D eigenvalue weighted by atomic mass is 9.93. The monoisotopic (exact) mass is 350 g/mol. The third-order valence-electron chi connectivity index (χ3n) is 3.36. The van der Waals surface area contributed by atoms with E-state index in [2.05, 4.69) is 15.9 Å². The number of rotatable bonds is 2. The summed E-state index contributed by atoms with van der Waals surface area (Å²) in [6.45, 7) is 1.68. The molecule has 0 spiro atoms. The molecule has 1 heterocycles. The Morgan fingerprint density at radius 3 is 2.60 bits per heavy atom. The van der Waals surface area contributed by atoms with Crippen molar-refractivity contribution >= 4 is 38.5 Å². The number of para-hydroxylation sites is 1. The summed E-state index contributed by atoms with van der Waals surface area (Å²) < 4.78 is 6.62. The van der Waals surface area contributed by atoms with Crippen LogP contribution in [0.25, 0.3) is 11.0 Å². The Labute approximate surface area is 130 Å². The average Bonchev–Trinajstić information content (AvgIpc) is 2.82. The van der Waals surface area contributed by atoms with E-state index in [0.29, 0.717) is 16.3 Å². The highest BCUT2D eigenvalue weighted by Gasteiger charge is 2.31. The van der Waals surface area contributed by atoms with Gasteiger partial charge in [0.15, 0.2) is 0 Å². The second kappa shape index (κ2) is 4.92. The van der Waals surface area contributed by atoms with Crippen LogP contribution in [0.2, 0.25) is 5.02 Å². The van der Waals surface area contributed by atoms with Crippen molar-refractivity contribution in [1.82, 2.24) is 0 Å². The highest BCUT2D eigenvalue weighted by atomic mass is 79.9. The van der Waals surface area contributed by atoms with Gasteiger partial charge in [-0.05, 0) is 31.2 Å². The van der Waals surface area contributed by atoms with Crippen LogP contribution < -0.4 is 0 Å². The number of fused-ring (bicyclic) bond motifs is 1. The van der Waals surface area contributed by atoms with Crippen LogP contribution in [0.1, 0.15) is 18.2 Å². The lowest BCUT2D eigenvalue weighted by Crippen LogP contribution is -2.22. The van der Waals surface area contributed by atoms with E-state index in [1.165, 1.54) is 0 Å². The van der Waals surface area contributed by atoms with Crippen LogP contribution in [-0.2, 0) is 5.60 Å². The summed E-state index contributed by atoms with van der Waals surface area (Å²) in [6.07, 6.45) is 0. The number of aliphatic hydroxyl groups is 1. The summed E-state index contributed by atoms with van der Waals surface area (Å²) >= 11 is 9.59. The molecule has 0 radical (unpaired) electrons. The predicted octanol–water partition coefficient (Wildman–Crippen LogP) is 5.10. The number of halogens is 2. The van der Waals surface area contributed by atoms with E-state index in [-0.39, 0.29) is 0 Å². The highest BCUT2D eigenvalue weighted by Crippen LogP contribution is 2.37. The molecular formula is C16H12BrClO2. The Hall–Kier alpha value is -1.29. The molecule has 0 saturated heterocycles. The zero-order valence-corrected chi connectivity index (χ0v) is 13.1. The molecule has 2 aromatic carbocycles. The van der Waals surface area contributed by atoms with Crippen LogP contribution in [0.5, 0.6) is 0 Å². The first-order valence-corrected chi connectivity index (χ1v) is 7.32. The molecule has 4 heteroatoms. The van der Waals surface area contributed by atoms with Crippen LogP contribution in [0.15, 0.2) is 57.4 Å².